The van der Waals surface area contributed by atoms with E-state index < -0.39 is 0 Å². The van der Waals surface area contributed by atoms with Crippen molar-refractivity contribution in [2.24, 2.45) is 0 Å². The zero-order valence-corrected chi connectivity index (χ0v) is 17.0. The largest absolute Gasteiger partial charge is 0.493 e. The van der Waals surface area contributed by atoms with Gasteiger partial charge in [-0.25, -0.2) is 0 Å². The molecule has 154 valence electrons. The molecular formula is C24H29NO4. The number of hydrogen-bond acceptors (Lipinski definition) is 4. The Labute approximate surface area is 172 Å². The third kappa shape index (κ3) is 6.09. The molecule has 1 fully saturated rings. The summed E-state index contributed by atoms with van der Waals surface area (Å²) in [7, 11) is 1.60. The van der Waals surface area contributed by atoms with Crippen LogP contribution in [0, 0.1) is 0 Å². The molecular weight excluding hydrogens is 366 g/mol. The average molecular weight is 395 g/mol. The van der Waals surface area contributed by atoms with Gasteiger partial charge in [0, 0.05) is 13.1 Å². The molecule has 0 atom stereocenters. The van der Waals surface area contributed by atoms with E-state index in [-0.39, 0.29) is 18.6 Å². The van der Waals surface area contributed by atoms with Crippen molar-refractivity contribution in [3.8, 4) is 11.5 Å². The molecule has 1 heterocycles. The normalized spacial score (nSPS) is 14.4. The highest BCUT2D eigenvalue weighted by molar-refractivity contribution is 5.78. The summed E-state index contributed by atoms with van der Waals surface area (Å²) in [6.45, 7) is 5.75. The van der Waals surface area contributed by atoms with E-state index >= 15 is 0 Å². The fourth-order valence-corrected chi connectivity index (χ4v) is 3.42. The Bertz CT molecular complexity index is 798. The van der Waals surface area contributed by atoms with Gasteiger partial charge in [-0.2, -0.15) is 0 Å². The minimum atomic E-state index is -0.0104. The molecule has 2 aromatic rings. The number of methoxy groups -OCH3 is 1. The highest BCUT2D eigenvalue weighted by Gasteiger charge is 2.23. The maximum atomic E-state index is 12.5. The molecule has 1 saturated heterocycles. The Morgan fingerprint density at radius 3 is 2.55 bits per heavy atom. The number of carbonyl (C=O) groups is 1. The Morgan fingerprint density at radius 1 is 1.10 bits per heavy atom. The number of allylic oxidation sites excluding steroid dienone is 1. The standard InChI is InChI=1S/C24H29NO4/c1-3-7-19-10-11-22(23(16-19)27-2)29-18-24(26)25-14-12-21(13-15-25)28-17-20-8-5-4-6-9-20/h3-6,8-11,16,21H,1,7,12-15,17-18H2,2H3. The summed E-state index contributed by atoms with van der Waals surface area (Å²) >= 11 is 0. The molecule has 0 saturated carbocycles. The lowest BCUT2D eigenvalue weighted by atomic mass is 10.1. The molecule has 1 amide bonds. The second-order valence-corrected chi connectivity index (χ2v) is 7.14. The molecule has 0 bridgehead atoms. The Hall–Kier alpha value is -2.79. The predicted molar refractivity (Wildman–Crippen MR) is 113 cm³/mol. The van der Waals surface area contributed by atoms with Gasteiger partial charge < -0.3 is 19.1 Å². The SMILES string of the molecule is C=CCc1ccc(OCC(=O)N2CCC(OCc3ccccc3)CC2)c(OC)c1. The van der Waals surface area contributed by atoms with Gasteiger partial charge in [-0.1, -0.05) is 42.5 Å². The monoisotopic (exact) mass is 395 g/mol. The maximum absolute atomic E-state index is 12.5. The number of carbonyl (C=O) groups excluding carboxylic acids is 1. The van der Waals surface area contributed by atoms with Crippen LogP contribution in [-0.2, 0) is 22.6 Å². The highest BCUT2D eigenvalue weighted by Crippen LogP contribution is 2.28. The third-order valence-corrected chi connectivity index (χ3v) is 5.08. The zero-order chi connectivity index (χ0) is 20.5. The van der Waals surface area contributed by atoms with Crippen molar-refractivity contribution in [2.45, 2.75) is 32.0 Å². The van der Waals surface area contributed by atoms with Gasteiger partial charge in [0.2, 0.25) is 0 Å². The van der Waals surface area contributed by atoms with Crippen molar-refractivity contribution in [1.29, 1.82) is 0 Å². The topological polar surface area (TPSA) is 48.0 Å². The number of amides is 1. The van der Waals surface area contributed by atoms with Crippen LogP contribution in [0.2, 0.25) is 0 Å². The van der Waals surface area contributed by atoms with E-state index in [2.05, 4.69) is 18.7 Å². The lowest BCUT2D eigenvalue weighted by molar-refractivity contribution is -0.136. The fraction of sp³-hybridized carbons (Fsp3) is 0.375. The molecule has 0 unspecified atom stereocenters. The van der Waals surface area contributed by atoms with Crippen LogP contribution in [0.4, 0.5) is 0 Å². The summed E-state index contributed by atoms with van der Waals surface area (Å²) in [4.78, 5) is 14.4. The minimum Gasteiger partial charge on any atom is -0.493 e. The quantitative estimate of drug-likeness (QED) is 0.602. The Morgan fingerprint density at radius 2 is 1.86 bits per heavy atom. The molecule has 3 rings (SSSR count). The first-order chi connectivity index (χ1) is 14.2. The first-order valence-corrected chi connectivity index (χ1v) is 10.0. The zero-order valence-electron chi connectivity index (χ0n) is 17.0. The number of hydrogen-bond donors (Lipinski definition) is 0. The lowest BCUT2D eigenvalue weighted by Crippen LogP contribution is -2.42. The minimum absolute atomic E-state index is 0.00665. The number of nitrogens with zero attached hydrogens (tertiary/aromatic N) is 1. The summed E-state index contributed by atoms with van der Waals surface area (Å²) in [5.41, 5.74) is 2.26. The number of ether oxygens (including phenoxy) is 3. The van der Waals surface area contributed by atoms with Gasteiger partial charge in [-0.15, -0.1) is 6.58 Å². The molecule has 0 aromatic heterocycles. The molecule has 0 aliphatic carbocycles. The average Bonchev–Trinajstić information content (AvgIpc) is 2.77. The molecule has 0 spiro atoms. The second kappa shape index (κ2) is 10.7. The summed E-state index contributed by atoms with van der Waals surface area (Å²) in [6, 6.07) is 15.9. The summed E-state index contributed by atoms with van der Waals surface area (Å²) in [6.07, 6.45) is 4.48. The van der Waals surface area contributed by atoms with E-state index in [1.165, 1.54) is 5.56 Å². The number of benzene rings is 2. The van der Waals surface area contributed by atoms with E-state index in [9.17, 15) is 4.79 Å². The lowest BCUT2D eigenvalue weighted by Gasteiger charge is -2.32. The van der Waals surface area contributed by atoms with Gasteiger partial charge in [0.15, 0.2) is 18.1 Å². The van der Waals surface area contributed by atoms with Crippen LogP contribution in [0.15, 0.2) is 61.2 Å². The van der Waals surface area contributed by atoms with Crippen molar-refractivity contribution < 1.29 is 19.0 Å². The smallest absolute Gasteiger partial charge is 0.260 e. The van der Waals surface area contributed by atoms with Crippen LogP contribution in [0.25, 0.3) is 0 Å². The van der Waals surface area contributed by atoms with Crippen molar-refractivity contribution >= 4 is 5.91 Å². The molecule has 5 nitrogen and oxygen atoms in total. The molecule has 5 heteroatoms. The molecule has 1 aliphatic heterocycles. The van der Waals surface area contributed by atoms with Crippen LogP contribution in [0.5, 0.6) is 11.5 Å². The van der Waals surface area contributed by atoms with Gasteiger partial charge >= 0.3 is 0 Å². The predicted octanol–water partition coefficient (Wildman–Crippen LogP) is 4.01. The van der Waals surface area contributed by atoms with Crippen LogP contribution in [0.3, 0.4) is 0 Å². The molecule has 1 aliphatic rings. The summed E-state index contributed by atoms with van der Waals surface area (Å²) in [5, 5.41) is 0. The van der Waals surface area contributed by atoms with Crippen LogP contribution < -0.4 is 9.47 Å². The second-order valence-electron chi connectivity index (χ2n) is 7.14. The van der Waals surface area contributed by atoms with E-state index in [4.69, 9.17) is 14.2 Å². The van der Waals surface area contributed by atoms with Gasteiger partial charge in [-0.3, -0.25) is 4.79 Å². The fourth-order valence-electron chi connectivity index (χ4n) is 3.42. The van der Waals surface area contributed by atoms with Crippen LogP contribution >= 0.6 is 0 Å². The first kappa shape index (κ1) is 20.9. The first-order valence-electron chi connectivity index (χ1n) is 10.0. The van der Waals surface area contributed by atoms with Gasteiger partial charge in [0.05, 0.1) is 19.8 Å². The van der Waals surface area contributed by atoms with Crippen molar-refractivity contribution in [3.63, 3.8) is 0 Å². The van der Waals surface area contributed by atoms with Crippen molar-refractivity contribution in [2.75, 3.05) is 26.8 Å². The van der Waals surface area contributed by atoms with E-state index in [1.54, 1.807) is 7.11 Å². The Kier molecular flexibility index (Phi) is 7.70. The van der Waals surface area contributed by atoms with Gasteiger partial charge in [0.25, 0.3) is 5.91 Å². The Balaban J connectivity index is 1.43. The molecule has 0 N–H and O–H groups in total. The van der Waals surface area contributed by atoms with E-state index in [0.29, 0.717) is 31.2 Å². The number of piperidine rings is 1. The molecule has 0 radical (unpaired) electrons. The van der Waals surface area contributed by atoms with Crippen molar-refractivity contribution in [3.05, 3.63) is 72.3 Å². The molecule has 29 heavy (non-hydrogen) atoms. The summed E-state index contributed by atoms with van der Waals surface area (Å²) < 4.78 is 17.1. The van der Waals surface area contributed by atoms with Gasteiger partial charge in [0.1, 0.15) is 0 Å². The molecule has 2 aromatic carbocycles. The van der Waals surface area contributed by atoms with Crippen LogP contribution in [-0.4, -0.2) is 43.7 Å². The van der Waals surface area contributed by atoms with E-state index in [1.807, 2.05) is 47.4 Å². The maximum Gasteiger partial charge on any atom is 0.260 e. The number of rotatable bonds is 9. The van der Waals surface area contributed by atoms with Crippen molar-refractivity contribution in [1.82, 2.24) is 4.90 Å². The van der Waals surface area contributed by atoms with E-state index in [0.717, 1.165) is 24.8 Å². The third-order valence-electron chi connectivity index (χ3n) is 5.08. The van der Waals surface area contributed by atoms with Crippen LogP contribution in [0.1, 0.15) is 24.0 Å². The summed E-state index contributed by atoms with van der Waals surface area (Å²) in [5.74, 6) is 1.20. The number of likely N-dealkylation sites (tertiary alicyclic amines) is 1. The highest BCUT2D eigenvalue weighted by atomic mass is 16.5. The van der Waals surface area contributed by atoms with Gasteiger partial charge in [-0.05, 0) is 42.5 Å².